The van der Waals surface area contributed by atoms with E-state index >= 15 is 0 Å². The fourth-order valence-corrected chi connectivity index (χ4v) is 2.59. The first kappa shape index (κ1) is 13.8. The molecule has 0 radical (unpaired) electrons. The summed E-state index contributed by atoms with van der Waals surface area (Å²) in [7, 11) is 0. The van der Waals surface area contributed by atoms with Crippen LogP contribution >= 0.6 is 0 Å². The Morgan fingerprint density at radius 3 is 2.29 bits per heavy atom. The Labute approximate surface area is 125 Å². The van der Waals surface area contributed by atoms with Crippen LogP contribution in [0.15, 0.2) is 24.3 Å². The fraction of sp³-hybridized carbons (Fsp3) is 0.438. The van der Waals surface area contributed by atoms with Crippen molar-refractivity contribution in [2.24, 2.45) is 0 Å². The number of nitrogens with zero attached hydrogens (tertiary/aromatic N) is 4. The van der Waals surface area contributed by atoms with Crippen molar-refractivity contribution in [3.63, 3.8) is 0 Å². The van der Waals surface area contributed by atoms with Crippen molar-refractivity contribution >= 4 is 11.9 Å². The van der Waals surface area contributed by atoms with E-state index < -0.39 is 0 Å². The van der Waals surface area contributed by atoms with Crippen LogP contribution in [-0.2, 0) is 0 Å². The van der Waals surface area contributed by atoms with Gasteiger partial charge in [0.25, 0.3) is 0 Å². The van der Waals surface area contributed by atoms with Crippen molar-refractivity contribution in [1.29, 1.82) is 0 Å². The maximum atomic E-state index is 5.85. The maximum absolute atomic E-state index is 5.85. The molecule has 2 N–H and O–H groups in total. The van der Waals surface area contributed by atoms with E-state index in [9.17, 15) is 0 Å². The third kappa shape index (κ3) is 2.96. The molecule has 1 aliphatic heterocycles. The lowest BCUT2D eigenvalue weighted by Gasteiger charge is -2.15. The van der Waals surface area contributed by atoms with Crippen molar-refractivity contribution in [3.8, 4) is 11.4 Å². The highest BCUT2D eigenvalue weighted by atomic mass is 15.3. The smallest absolute Gasteiger partial charge is 0.230 e. The number of hydrogen-bond donors (Lipinski definition) is 1. The summed E-state index contributed by atoms with van der Waals surface area (Å²) in [5.74, 6) is 2.15. The number of aromatic nitrogens is 3. The molecule has 0 unspecified atom stereocenters. The highest BCUT2D eigenvalue weighted by molar-refractivity contribution is 5.58. The summed E-state index contributed by atoms with van der Waals surface area (Å²) in [6.07, 6.45) is 2.37. The standard InChI is InChI=1S/C16H21N5/c1-11(2)12-5-7-13(8-6-12)14-18-15(17)20-16(19-14)21-9-3-4-10-21/h5-8,11H,3-4,9-10H2,1-2H3,(H2,17,18,19,20). The fourth-order valence-electron chi connectivity index (χ4n) is 2.59. The molecular weight excluding hydrogens is 262 g/mol. The summed E-state index contributed by atoms with van der Waals surface area (Å²) in [5.41, 5.74) is 8.14. The van der Waals surface area contributed by atoms with Crippen LogP contribution in [-0.4, -0.2) is 28.0 Å². The summed E-state index contributed by atoms with van der Waals surface area (Å²) in [5, 5.41) is 0. The van der Waals surface area contributed by atoms with E-state index in [4.69, 9.17) is 5.73 Å². The Morgan fingerprint density at radius 1 is 1.00 bits per heavy atom. The van der Waals surface area contributed by atoms with Crippen LogP contribution in [0, 0.1) is 0 Å². The monoisotopic (exact) mass is 283 g/mol. The molecule has 1 fully saturated rings. The van der Waals surface area contributed by atoms with Crippen LogP contribution in [0.25, 0.3) is 11.4 Å². The van der Waals surface area contributed by atoms with E-state index in [1.807, 2.05) is 0 Å². The van der Waals surface area contributed by atoms with Gasteiger partial charge in [-0.25, -0.2) is 0 Å². The minimum Gasteiger partial charge on any atom is -0.368 e. The average molecular weight is 283 g/mol. The van der Waals surface area contributed by atoms with Crippen LogP contribution in [0.5, 0.6) is 0 Å². The Morgan fingerprint density at radius 2 is 1.67 bits per heavy atom. The van der Waals surface area contributed by atoms with Gasteiger partial charge in [-0.2, -0.15) is 15.0 Å². The van der Waals surface area contributed by atoms with Gasteiger partial charge in [-0.3, -0.25) is 0 Å². The summed E-state index contributed by atoms with van der Waals surface area (Å²) >= 11 is 0. The van der Waals surface area contributed by atoms with Crippen LogP contribution in [0.4, 0.5) is 11.9 Å². The van der Waals surface area contributed by atoms with E-state index in [1.54, 1.807) is 0 Å². The number of rotatable bonds is 3. The second-order valence-corrected chi connectivity index (χ2v) is 5.79. The predicted octanol–water partition coefficient (Wildman–Crippen LogP) is 2.84. The molecule has 2 aromatic rings. The minimum atomic E-state index is 0.287. The van der Waals surface area contributed by atoms with Gasteiger partial charge in [-0.1, -0.05) is 38.1 Å². The summed E-state index contributed by atoms with van der Waals surface area (Å²) in [6.45, 7) is 6.35. The highest BCUT2D eigenvalue weighted by Crippen LogP contribution is 2.23. The van der Waals surface area contributed by atoms with Gasteiger partial charge in [-0.05, 0) is 24.3 Å². The third-order valence-corrected chi connectivity index (χ3v) is 3.87. The summed E-state index contributed by atoms with van der Waals surface area (Å²) < 4.78 is 0. The van der Waals surface area contributed by atoms with Gasteiger partial charge < -0.3 is 10.6 Å². The number of nitrogens with two attached hydrogens (primary N) is 1. The first-order valence-corrected chi connectivity index (χ1v) is 7.50. The van der Waals surface area contributed by atoms with Gasteiger partial charge in [0, 0.05) is 18.7 Å². The quantitative estimate of drug-likeness (QED) is 0.938. The molecule has 1 aliphatic rings. The van der Waals surface area contributed by atoms with Crippen molar-refractivity contribution in [2.75, 3.05) is 23.7 Å². The minimum absolute atomic E-state index is 0.287. The lowest BCUT2D eigenvalue weighted by molar-refractivity contribution is 0.866. The molecule has 3 rings (SSSR count). The Kier molecular flexibility index (Phi) is 3.73. The first-order valence-electron chi connectivity index (χ1n) is 7.50. The Bertz CT molecular complexity index is 615. The lowest BCUT2D eigenvalue weighted by atomic mass is 10.0. The second kappa shape index (κ2) is 5.68. The van der Waals surface area contributed by atoms with Gasteiger partial charge in [0.1, 0.15) is 0 Å². The third-order valence-electron chi connectivity index (χ3n) is 3.87. The molecule has 5 heteroatoms. The molecule has 0 saturated carbocycles. The molecule has 0 aliphatic carbocycles. The zero-order valence-electron chi connectivity index (χ0n) is 12.6. The molecule has 0 atom stereocenters. The van der Waals surface area contributed by atoms with Crippen LogP contribution in [0.2, 0.25) is 0 Å². The summed E-state index contributed by atoms with van der Waals surface area (Å²) in [6, 6.07) is 8.35. The van der Waals surface area contributed by atoms with Gasteiger partial charge in [0.05, 0.1) is 0 Å². The lowest BCUT2D eigenvalue weighted by Crippen LogP contribution is -2.21. The molecule has 0 amide bonds. The number of anilines is 2. The molecule has 1 aromatic carbocycles. The molecule has 1 aromatic heterocycles. The van der Waals surface area contributed by atoms with Gasteiger partial charge in [0.2, 0.25) is 11.9 Å². The molecule has 21 heavy (non-hydrogen) atoms. The van der Waals surface area contributed by atoms with Gasteiger partial charge >= 0.3 is 0 Å². The number of benzene rings is 1. The van der Waals surface area contributed by atoms with E-state index in [0.29, 0.717) is 17.7 Å². The van der Waals surface area contributed by atoms with E-state index in [2.05, 4.69) is 58.0 Å². The largest absolute Gasteiger partial charge is 0.368 e. The molecule has 0 spiro atoms. The first-order chi connectivity index (χ1) is 10.1. The van der Waals surface area contributed by atoms with Crippen LogP contribution in [0.3, 0.4) is 0 Å². The predicted molar refractivity (Wildman–Crippen MR) is 85.2 cm³/mol. The molecule has 5 nitrogen and oxygen atoms in total. The van der Waals surface area contributed by atoms with E-state index in [-0.39, 0.29) is 5.95 Å². The average Bonchev–Trinajstić information content (AvgIpc) is 3.01. The number of hydrogen-bond acceptors (Lipinski definition) is 5. The van der Waals surface area contributed by atoms with Crippen LogP contribution < -0.4 is 10.6 Å². The normalized spacial score (nSPS) is 14.9. The molecule has 2 heterocycles. The molecule has 1 saturated heterocycles. The van der Waals surface area contributed by atoms with Crippen LogP contribution in [0.1, 0.15) is 38.2 Å². The topological polar surface area (TPSA) is 67.9 Å². The second-order valence-electron chi connectivity index (χ2n) is 5.79. The van der Waals surface area contributed by atoms with Crippen molar-refractivity contribution in [3.05, 3.63) is 29.8 Å². The maximum Gasteiger partial charge on any atom is 0.230 e. The SMILES string of the molecule is CC(C)c1ccc(-c2nc(N)nc(N3CCCC3)n2)cc1. The molecule has 110 valence electrons. The van der Waals surface area contributed by atoms with Gasteiger partial charge in [-0.15, -0.1) is 0 Å². The zero-order valence-corrected chi connectivity index (χ0v) is 12.6. The number of nitrogen functional groups attached to an aromatic ring is 1. The Balaban J connectivity index is 1.93. The highest BCUT2D eigenvalue weighted by Gasteiger charge is 2.17. The van der Waals surface area contributed by atoms with E-state index in [1.165, 1.54) is 18.4 Å². The molecule has 0 bridgehead atoms. The van der Waals surface area contributed by atoms with Crippen molar-refractivity contribution in [1.82, 2.24) is 15.0 Å². The van der Waals surface area contributed by atoms with Crippen molar-refractivity contribution < 1.29 is 0 Å². The Hall–Kier alpha value is -2.17. The van der Waals surface area contributed by atoms with Gasteiger partial charge in [0.15, 0.2) is 5.82 Å². The van der Waals surface area contributed by atoms with E-state index in [0.717, 1.165) is 18.7 Å². The summed E-state index contributed by atoms with van der Waals surface area (Å²) in [4.78, 5) is 15.3. The van der Waals surface area contributed by atoms with Crippen molar-refractivity contribution in [2.45, 2.75) is 32.6 Å². The molecular formula is C16H21N5. The zero-order chi connectivity index (χ0) is 14.8.